The molecular weight excluding hydrogens is 162 g/mol. The van der Waals surface area contributed by atoms with E-state index in [1.54, 1.807) is 0 Å². The predicted octanol–water partition coefficient (Wildman–Crippen LogP) is -2.21. The van der Waals surface area contributed by atoms with E-state index in [9.17, 15) is 13.2 Å². The zero-order chi connectivity index (χ0) is 8.36. The van der Waals surface area contributed by atoms with Crippen molar-refractivity contribution < 1.29 is 23.4 Å². The third kappa shape index (κ3) is 1.66. The molecule has 1 amide bonds. The van der Waals surface area contributed by atoms with Gasteiger partial charge >= 0.3 is 5.24 Å². The minimum atomic E-state index is -4.38. The van der Waals surface area contributed by atoms with E-state index < -0.39 is 27.1 Å². The monoisotopic (exact) mass is 169 g/mol. The van der Waals surface area contributed by atoms with Crippen LogP contribution in [0, 0.1) is 0 Å². The van der Waals surface area contributed by atoms with E-state index in [2.05, 4.69) is 5.73 Å². The maximum absolute atomic E-state index is 10.4. The molecule has 60 valence electrons. The second kappa shape index (κ2) is 2.95. The van der Waals surface area contributed by atoms with Crippen molar-refractivity contribution in [2.24, 2.45) is 5.73 Å². The van der Waals surface area contributed by atoms with Crippen molar-refractivity contribution in [3.05, 3.63) is 0 Å². The summed E-state index contributed by atoms with van der Waals surface area (Å²) in [5.41, 5.74) is 2.24. The summed E-state index contributed by atoms with van der Waals surface area (Å²) in [5.74, 6) is 0. The minimum absolute atomic E-state index is 1.04. The molecule has 0 spiro atoms. The van der Waals surface area contributed by atoms with E-state index in [1.807, 2.05) is 0 Å². The molecular formula is C3H7NO5S. The van der Waals surface area contributed by atoms with Gasteiger partial charge in [-0.15, -0.1) is 0 Å². The molecule has 0 aromatic carbocycles. The average molecular weight is 169 g/mol. The highest BCUT2D eigenvalue weighted by Crippen LogP contribution is 1.96. The lowest BCUT2D eigenvalue weighted by atomic mass is 10.8. The standard InChI is InChI=1S/C3H7NO5S/c4-3(7)10(8,9)2(6)1-5/h2,5-6H,1H2,(H2,4,7). The highest BCUT2D eigenvalue weighted by Gasteiger charge is 2.27. The Morgan fingerprint density at radius 2 is 2.00 bits per heavy atom. The van der Waals surface area contributed by atoms with Crippen LogP contribution < -0.4 is 5.73 Å². The maximum Gasteiger partial charge on any atom is 0.336 e. The molecule has 7 heteroatoms. The lowest BCUT2D eigenvalue weighted by molar-refractivity contribution is 0.152. The molecule has 0 rings (SSSR count). The summed E-state index contributed by atoms with van der Waals surface area (Å²) in [7, 11) is -4.38. The number of aliphatic hydroxyl groups excluding tert-OH is 2. The normalized spacial score (nSPS) is 14.6. The van der Waals surface area contributed by atoms with Gasteiger partial charge in [0.1, 0.15) is 0 Å². The zero-order valence-corrected chi connectivity index (χ0v) is 5.71. The number of hydrogen-bond donors (Lipinski definition) is 3. The van der Waals surface area contributed by atoms with Gasteiger partial charge < -0.3 is 15.9 Å². The van der Waals surface area contributed by atoms with Crippen LogP contribution in [0.25, 0.3) is 0 Å². The van der Waals surface area contributed by atoms with Crippen molar-refractivity contribution >= 4 is 15.1 Å². The Morgan fingerprint density at radius 3 is 2.10 bits per heavy atom. The fourth-order valence-electron chi connectivity index (χ4n) is 0.232. The summed E-state index contributed by atoms with van der Waals surface area (Å²) in [6, 6.07) is 0. The molecule has 0 aliphatic heterocycles. The topological polar surface area (TPSA) is 118 Å². The highest BCUT2D eigenvalue weighted by molar-refractivity contribution is 8.06. The Balaban J connectivity index is 4.59. The Bertz CT molecular complexity index is 219. The number of hydrogen-bond acceptors (Lipinski definition) is 5. The van der Waals surface area contributed by atoms with Crippen molar-refractivity contribution in [3.63, 3.8) is 0 Å². The van der Waals surface area contributed by atoms with Crippen molar-refractivity contribution in [1.29, 1.82) is 0 Å². The van der Waals surface area contributed by atoms with Crippen molar-refractivity contribution in [2.45, 2.75) is 5.44 Å². The van der Waals surface area contributed by atoms with Crippen LogP contribution in [0.4, 0.5) is 4.79 Å². The Morgan fingerprint density at radius 1 is 1.60 bits per heavy atom. The minimum Gasteiger partial charge on any atom is -0.393 e. The first kappa shape index (κ1) is 9.34. The van der Waals surface area contributed by atoms with Gasteiger partial charge in [0.2, 0.25) is 0 Å². The van der Waals surface area contributed by atoms with Crippen molar-refractivity contribution in [3.8, 4) is 0 Å². The Hall–Kier alpha value is -0.660. The highest BCUT2D eigenvalue weighted by atomic mass is 32.2. The van der Waals surface area contributed by atoms with Crippen molar-refractivity contribution in [2.75, 3.05) is 6.61 Å². The van der Waals surface area contributed by atoms with Crippen LogP contribution in [-0.2, 0) is 9.84 Å². The second-order valence-electron chi connectivity index (χ2n) is 1.50. The summed E-state index contributed by atoms with van der Waals surface area (Å²) >= 11 is 0. The molecule has 6 nitrogen and oxygen atoms in total. The SMILES string of the molecule is NC(=O)S(=O)(=O)C(O)CO. The molecule has 4 N–H and O–H groups in total. The third-order valence-electron chi connectivity index (χ3n) is 0.795. The van der Waals surface area contributed by atoms with E-state index in [1.165, 1.54) is 0 Å². The van der Waals surface area contributed by atoms with Gasteiger partial charge in [0.05, 0.1) is 6.61 Å². The molecule has 1 atom stereocenters. The van der Waals surface area contributed by atoms with Gasteiger partial charge in [-0.1, -0.05) is 0 Å². The van der Waals surface area contributed by atoms with Crippen LogP contribution in [0.1, 0.15) is 0 Å². The molecule has 0 radical (unpaired) electrons. The molecule has 0 heterocycles. The summed E-state index contributed by atoms with van der Waals surface area (Å²) in [4.78, 5) is 9.98. The molecule has 0 aliphatic carbocycles. The van der Waals surface area contributed by atoms with E-state index in [0.717, 1.165) is 0 Å². The van der Waals surface area contributed by atoms with Crippen LogP contribution >= 0.6 is 0 Å². The Labute approximate surface area is 57.2 Å². The summed E-state index contributed by atoms with van der Waals surface area (Å²) in [6.45, 7) is -1.04. The van der Waals surface area contributed by atoms with Gasteiger partial charge in [-0.3, -0.25) is 4.79 Å². The molecule has 0 saturated carbocycles. The summed E-state index contributed by atoms with van der Waals surface area (Å²) in [6.07, 6.45) is 0. The summed E-state index contributed by atoms with van der Waals surface area (Å²) < 4.78 is 20.8. The molecule has 0 aliphatic rings. The molecule has 0 fully saturated rings. The van der Waals surface area contributed by atoms with Gasteiger partial charge in [-0.25, -0.2) is 8.42 Å². The van der Waals surface area contributed by atoms with Gasteiger partial charge in [0, 0.05) is 0 Å². The van der Waals surface area contributed by atoms with E-state index in [-0.39, 0.29) is 0 Å². The average Bonchev–Trinajstić information content (AvgIpc) is 1.86. The third-order valence-corrected chi connectivity index (χ3v) is 2.22. The zero-order valence-electron chi connectivity index (χ0n) is 4.89. The molecule has 0 bridgehead atoms. The van der Waals surface area contributed by atoms with Crippen LogP contribution in [0.15, 0.2) is 0 Å². The van der Waals surface area contributed by atoms with Crippen LogP contribution in [0.3, 0.4) is 0 Å². The van der Waals surface area contributed by atoms with Gasteiger partial charge in [0.15, 0.2) is 5.44 Å². The number of sulfone groups is 1. The van der Waals surface area contributed by atoms with E-state index in [4.69, 9.17) is 10.2 Å². The first-order valence-corrected chi connectivity index (χ1v) is 3.79. The number of aliphatic hydroxyl groups is 2. The first-order valence-electron chi connectivity index (χ1n) is 2.25. The van der Waals surface area contributed by atoms with Crippen LogP contribution in [0.5, 0.6) is 0 Å². The van der Waals surface area contributed by atoms with Crippen LogP contribution in [0.2, 0.25) is 0 Å². The van der Waals surface area contributed by atoms with Crippen LogP contribution in [-0.4, -0.2) is 35.9 Å². The predicted molar refractivity (Wildman–Crippen MR) is 31.6 cm³/mol. The van der Waals surface area contributed by atoms with Gasteiger partial charge in [-0.2, -0.15) is 0 Å². The number of carbonyl (C=O) groups is 1. The van der Waals surface area contributed by atoms with E-state index >= 15 is 0 Å². The largest absolute Gasteiger partial charge is 0.393 e. The van der Waals surface area contributed by atoms with E-state index in [0.29, 0.717) is 0 Å². The quantitative estimate of drug-likeness (QED) is 0.433. The maximum atomic E-state index is 10.4. The number of primary amides is 1. The fraction of sp³-hybridized carbons (Fsp3) is 0.667. The summed E-state index contributed by atoms with van der Waals surface area (Å²) in [5, 5.41) is 14.9. The fourth-order valence-corrected chi connectivity index (χ4v) is 0.697. The van der Waals surface area contributed by atoms with Crippen molar-refractivity contribution in [1.82, 2.24) is 0 Å². The second-order valence-corrected chi connectivity index (χ2v) is 3.54. The number of amides is 1. The lowest BCUT2D eigenvalue weighted by Crippen LogP contribution is -2.34. The lowest BCUT2D eigenvalue weighted by Gasteiger charge is -2.03. The van der Waals surface area contributed by atoms with Gasteiger partial charge in [0.25, 0.3) is 9.84 Å². The smallest absolute Gasteiger partial charge is 0.336 e. The molecule has 10 heavy (non-hydrogen) atoms. The molecule has 0 aromatic rings. The molecule has 1 unspecified atom stereocenters. The number of nitrogens with two attached hydrogens (primary N) is 1. The van der Waals surface area contributed by atoms with Gasteiger partial charge in [-0.05, 0) is 0 Å². The number of carbonyl (C=O) groups excluding carboxylic acids is 1. The number of rotatable bonds is 2. The molecule has 0 saturated heterocycles. The first-order chi connectivity index (χ1) is 4.42. The molecule has 0 aromatic heterocycles. The Kier molecular flexibility index (Phi) is 2.76.